The molecule has 0 radical (unpaired) electrons. The lowest BCUT2D eigenvalue weighted by molar-refractivity contribution is -0.132. The predicted octanol–water partition coefficient (Wildman–Crippen LogP) is 1.96. The van der Waals surface area contributed by atoms with E-state index in [1.165, 1.54) is 6.92 Å². The molecule has 0 saturated heterocycles. The van der Waals surface area contributed by atoms with Crippen molar-refractivity contribution < 1.29 is 9.53 Å². The Morgan fingerprint density at radius 1 is 1.69 bits per heavy atom. The Morgan fingerprint density at radius 2 is 2.38 bits per heavy atom. The Morgan fingerprint density at radius 3 is 2.85 bits per heavy atom. The summed E-state index contributed by atoms with van der Waals surface area (Å²) in [6.45, 7) is 6.89. The van der Waals surface area contributed by atoms with Crippen LogP contribution in [0.5, 0.6) is 5.88 Å². The zero-order chi connectivity index (χ0) is 9.84. The van der Waals surface area contributed by atoms with E-state index in [1.807, 2.05) is 6.92 Å². The van der Waals surface area contributed by atoms with Gasteiger partial charge in [-0.15, -0.1) is 0 Å². The highest BCUT2D eigenvalue weighted by Gasteiger charge is 2.01. The molecule has 1 rings (SSSR count). The molecule has 1 aromatic heterocycles. The molecule has 3 nitrogen and oxygen atoms in total. The van der Waals surface area contributed by atoms with E-state index in [9.17, 15) is 4.79 Å². The number of carbonyl (C=O) groups is 1. The van der Waals surface area contributed by atoms with Crippen LogP contribution in [0.2, 0.25) is 0 Å². The lowest BCUT2D eigenvalue weighted by Gasteiger charge is -2.03. The lowest BCUT2D eigenvalue weighted by Crippen LogP contribution is -2.03. The van der Waals surface area contributed by atoms with Gasteiger partial charge in [0.1, 0.15) is 0 Å². The van der Waals surface area contributed by atoms with Gasteiger partial charge in [0, 0.05) is 19.2 Å². The Bertz CT molecular complexity index is 345. The zero-order valence-corrected chi connectivity index (χ0v) is 7.70. The second-order valence-electron chi connectivity index (χ2n) is 2.68. The molecule has 0 aliphatic carbocycles. The minimum absolute atomic E-state index is 0.329. The molecule has 0 atom stereocenters. The second kappa shape index (κ2) is 3.85. The first-order valence-corrected chi connectivity index (χ1v) is 3.91. The molecule has 0 spiro atoms. The molecule has 13 heavy (non-hydrogen) atoms. The van der Waals surface area contributed by atoms with Gasteiger partial charge in [-0.3, -0.25) is 4.79 Å². The minimum atomic E-state index is -0.363. The van der Waals surface area contributed by atoms with Crippen LogP contribution in [-0.4, -0.2) is 11.0 Å². The van der Waals surface area contributed by atoms with Gasteiger partial charge in [-0.05, 0) is 18.1 Å². The molecule has 0 amide bonds. The second-order valence-corrected chi connectivity index (χ2v) is 2.68. The topological polar surface area (TPSA) is 39.2 Å². The van der Waals surface area contributed by atoms with E-state index in [-0.39, 0.29) is 5.97 Å². The summed E-state index contributed by atoms with van der Waals surface area (Å²) in [5.74, 6) is -0.0335. The molecule has 0 aliphatic heterocycles. The molecular formula is C10H11NO2. The highest BCUT2D eigenvalue weighted by molar-refractivity contribution is 5.68. The van der Waals surface area contributed by atoms with Gasteiger partial charge in [-0.25, -0.2) is 4.98 Å². The van der Waals surface area contributed by atoms with Gasteiger partial charge in [-0.1, -0.05) is 12.7 Å². The van der Waals surface area contributed by atoms with Crippen molar-refractivity contribution in [2.24, 2.45) is 0 Å². The van der Waals surface area contributed by atoms with Gasteiger partial charge in [0.15, 0.2) is 0 Å². The van der Waals surface area contributed by atoms with Crippen LogP contribution in [0, 0.1) is 6.92 Å². The summed E-state index contributed by atoms with van der Waals surface area (Å²) in [6, 6.07) is 1.71. The van der Waals surface area contributed by atoms with Crippen LogP contribution in [-0.2, 0) is 4.79 Å². The monoisotopic (exact) mass is 177 g/mol. The molecule has 0 fully saturated rings. The van der Waals surface area contributed by atoms with Crippen molar-refractivity contribution in [2.75, 3.05) is 0 Å². The van der Waals surface area contributed by atoms with Crippen LogP contribution in [0.4, 0.5) is 0 Å². The van der Waals surface area contributed by atoms with Crippen LogP contribution in [0.1, 0.15) is 18.1 Å². The largest absolute Gasteiger partial charge is 0.408 e. The number of ether oxygens (including phenoxy) is 1. The van der Waals surface area contributed by atoms with Crippen molar-refractivity contribution in [3.63, 3.8) is 0 Å². The molecule has 3 heteroatoms. The first-order valence-electron chi connectivity index (χ1n) is 3.91. The number of esters is 1. The van der Waals surface area contributed by atoms with Gasteiger partial charge < -0.3 is 4.74 Å². The SMILES string of the molecule is C=Cc1cnc(OC(C)=O)cc1C. The normalized spacial score (nSPS) is 9.38. The molecule has 68 valence electrons. The number of carbonyl (C=O) groups excluding carboxylic acids is 1. The number of nitrogens with zero attached hydrogens (tertiary/aromatic N) is 1. The Balaban J connectivity index is 2.95. The standard InChI is InChI=1S/C10H11NO2/c1-4-9-6-11-10(5-7(9)2)13-8(3)12/h4-6H,1H2,2-3H3. The fourth-order valence-corrected chi connectivity index (χ4v) is 0.958. The van der Waals surface area contributed by atoms with E-state index in [0.29, 0.717) is 5.88 Å². The van der Waals surface area contributed by atoms with Crippen molar-refractivity contribution in [3.05, 3.63) is 30.0 Å². The van der Waals surface area contributed by atoms with Crippen LogP contribution in [0.15, 0.2) is 18.8 Å². The average Bonchev–Trinajstić information content (AvgIpc) is 2.03. The maximum Gasteiger partial charge on any atom is 0.309 e. The lowest BCUT2D eigenvalue weighted by atomic mass is 10.1. The molecular weight excluding hydrogens is 166 g/mol. The highest BCUT2D eigenvalue weighted by Crippen LogP contribution is 2.14. The number of aromatic nitrogens is 1. The first-order chi connectivity index (χ1) is 6.13. The van der Waals surface area contributed by atoms with Crippen molar-refractivity contribution in [3.8, 4) is 5.88 Å². The molecule has 0 aromatic carbocycles. The van der Waals surface area contributed by atoms with Crippen LogP contribution < -0.4 is 4.74 Å². The maximum absolute atomic E-state index is 10.6. The van der Waals surface area contributed by atoms with Crippen molar-refractivity contribution >= 4 is 12.0 Å². The number of pyridine rings is 1. The summed E-state index contributed by atoms with van der Waals surface area (Å²) < 4.78 is 4.81. The summed E-state index contributed by atoms with van der Waals surface area (Å²) in [7, 11) is 0. The third kappa shape index (κ3) is 2.40. The van der Waals surface area contributed by atoms with E-state index >= 15 is 0 Å². The van der Waals surface area contributed by atoms with E-state index in [2.05, 4.69) is 11.6 Å². The summed E-state index contributed by atoms with van der Waals surface area (Å²) in [5, 5.41) is 0. The Kier molecular flexibility index (Phi) is 2.80. The van der Waals surface area contributed by atoms with E-state index in [1.54, 1.807) is 18.3 Å². The predicted molar refractivity (Wildman–Crippen MR) is 50.4 cm³/mol. The summed E-state index contributed by atoms with van der Waals surface area (Å²) in [6.07, 6.45) is 3.33. The number of rotatable bonds is 2. The average molecular weight is 177 g/mol. The third-order valence-electron chi connectivity index (χ3n) is 1.59. The van der Waals surface area contributed by atoms with E-state index in [0.717, 1.165) is 11.1 Å². The number of aryl methyl sites for hydroxylation is 1. The summed E-state index contributed by atoms with van der Waals surface area (Å²) in [4.78, 5) is 14.5. The molecule has 0 N–H and O–H groups in total. The zero-order valence-electron chi connectivity index (χ0n) is 7.70. The quantitative estimate of drug-likeness (QED) is 0.648. The number of hydrogen-bond donors (Lipinski definition) is 0. The molecule has 0 unspecified atom stereocenters. The molecule has 0 aliphatic rings. The Hall–Kier alpha value is -1.64. The van der Waals surface area contributed by atoms with Crippen LogP contribution in [0.25, 0.3) is 6.08 Å². The van der Waals surface area contributed by atoms with Crippen molar-refractivity contribution in [1.82, 2.24) is 4.98 Å². The van der Waals surface area contributed by atoms with E-state index < -0.39 is 0 Å². The van der Waals surface area contributed by atoms with Crippen LogP contribution >= 0.6 is 0 Å². The van der Waals surface area contributed by atoms with Crippen LogP contribution in [0.3, 0.4) is 0 Å². The van der Waals surface area contributed by atoms with Crippen molar-refractivity contribution in [1.29, 1.82) is 0 Å². The minimum Gasteiger partial charge on any atom is -0.408 e. The highest BCUT2D eigenvalue weighted by atomic mass is 16.5. The number of hydrogen-bond acceptors (Lipinski definition) is 3. The molecule has 0 bridgehead atoms. The van der Waals surface area contributed by atoms with E-state index in [4.69, 9.17) is 4.74 Å². The van der Waals surface area contributed by atoms with Gasteiger partial charge in [0.2, 0.25) is 5.88 Å². The molecule has 1 aromatic rings. The summed E-state index contributed by atoms with van der Waals surface area (Å²) in [5.41, 5.74) is 1.93. The fourth-order valence-electron chi connectivity index (χ4n) is 0.958. The third-order valence-corrected chi connectivity index (χ3v) is 1.59. The fraction of sp³-hybridized carbons (Fsp3) is 0.200. The van der Waals surface area contributed by atoms with Crippen molar-refractivity contribution in [2.45, 2.75) is 13.8 Å². The van der Waals surface area contributed by atoms with Gasteiger partial charge in [0.05, 0.1) is 0 Å². The maximum atomic E-state index is 10.6. The molecule has 0 saturated carbocycles. The van der Waals surface area contributed by atoms with Gasteiger partial charge in [0.25, 0.3) is 0 Å². The Labute approximate surface area is 77.1 Å². The van der Waals surface area contributed by atoms with Gasteiger partial charge >= 0.3 is 5.97 Å². The van der Waals surface area contributed by atoms with Gasteiger partial charge in [-0.2, -0.15) is 0 Å². The smallest absolute Gasteiger partial charge is 0.309 e. The summed E-state index contributed by atoms with van der Waals surface area (Å²) >= 11 is 0. The first kappa shape index (κ1) is 9.45. The molecule has 1 heterocycles.